The number of carbonyl (C=O) groups excluding carboxylic acids is 2. The highest BCUT2D eigenvalue weighted by Gasteiger charge is 2.31. The van der Waals surface area contributed by atoms with Gasteiger partial charge in [-0.15, -0.1) is 0 Å². The van der Waals surface area contributed by atoms with Crippen molar-refractivity contribution < 1.29 is 9.59 Å². The first kappa shape index (κ1) is 15.8. The molecule has 1 aromatic carbocycles. The summed E-state index contributed by atoms with van der Waals surface area (Å²) >= 11 is 5.88. The van der Waals surface area contributed by atoms with Gasteiger partial charge in [0.05, 0.1) is 6.42 Å². The number of nitrogens with one attached hydrogen (secondary N) is 2. The highest BCUT2D eigenvalue weighted by atomic mass is 35.5. The number of carbonyl (C=O) groups is 2. The molecule has 2 heterocycles. The molecular formula is C16H19ClN4O2. The van der Waals surface area contributed by atoms with Crippen molar-refractivity contribution >= 4 is 35.1 Å². The summed E-state index contributed by atoms with van der Waals surface area (Å²) in [4.78, 5) is 30.6. The van der Waals surface area contributed by atoms with Crippen molar-refractivity contribution in [2.75, 3.05) is 18.4 Å². The number of benzene rings is 1. The van der Waals surface area contributed by atoms with Crippen LogP contribution in [-0.4, -0.2) is 41.8 Å². The van der Waals surface area contributed by atoms with Gasteiger partial charge in [0, 0.05) is 23.8 Å². The van der Waals surface area contributed by atoms with Crippen molar-refractivity contribution in [1.82, 2.24) is 10.2 Å². The van der Waals surface area contributed by atoms with Crippen molar-refractivity contribution in [2.24, 2.45) is 4.99 Å². The van der Waals surface area contributed by atoms with Gasteiger partial charge >= 0.3 is 0 Å². The Labute approximate surface area is 139 Å². The molecule has 0 bridgehead atoms. The topological polar surface area (TPSA) is 73.8 Å². The molecular weight excluding hydrogens is 316 g/mol. The number of guanidine groups is 1. The average Bonchev–Trinajstić information content (AvgIpc) is 2.89. The Kier molecular flexibility index (Phi) is 4.81. The van der Waals surface area contributed by atoms with Crippen LogP contribution in [0.3, 0.4) is 0 Å². The molecule has 3 rings (SSSR count). The first-order valence-corrected chi connectivity index (χ1v) is 8.18. The lowest BCUT2D eigenvalue weighted by Crippen LogP contribution is -2.43. The van der Waals surface area contributed by atoms with Crippen LogP contribution in [0.15, 0.2) is 29.3 Å². The Morgan fingerprint density at radius 1 is 1.35 bits per heavy atom. The molecule has 0 saturated carbocycles. The predicted octanol–water partition coefficient (Wildman–Crippen LogP) is 2.01. The molecule has 0 spiro atoms. The van der Waals surface area contributed by atoms with E-state index in [2.05, 4.69) is 20.5 Å². The van der Waals surface area contributed by atoms with Gasteiger partial charge in [-0.3, -0.25) is 14.9 Å². The molecule has 1 aromatic rings. The van der Waals surface area contributed by atoms with E-state index in [4.69, 9.17) is 11.6 Å². The molecule has 6 nitrogen and oxygen atoms in total. The lowest BCUT2D eigenvalue weighted by Gasteiger charge is -2.27. The molecule has 1 saturated heterocycles. The Balaban J connectivity index is 1.59. The van der Waals surface area contributed by atoms with Crippen LogP contribution < -0.4 is 10.6 Å². The van der Waals surface area contributed by atoms with Gasteiger partial charge in [-0.2, -0.15) is 0 Å². The summed E-state index contributed by atoms with van der Waals surface area (Å²) in [6.45, 7) is 1.81. The second-order valence-corrected chi connectivity index (χ2v) is 6.20. The minimum absolute atomic E-state index is 0.0235. The molecule has 7 heteroatoms. The van der Waals surface area contributed by atoms with E-state index in [-0.39, 0.29) is 18.2 Å². The molecule has 1 atom stereocenters. The fraction of sp³-hybridized carbons (Fsp3) is 0.438. The molecule has 1 fully saturated rings. The van der Waals surface area contributed by atoms with Crippen molar-refractivity contribution in [2.45, 2.75) is 31.7 Å². The zero-order valence-electron chi connectivity index (χ0n) is 12.7. The molecule has 2 N–H and O–H groups in total. The van der Waals surface area contributed by atoms with Crippen molar-refractivity contribution in [3.05, 3.63) is 29.3 Å². The largest absolute Gasteiger partial charge is 0.343 e. The molecule has 2 amide bonds. The van der Waals surface area contributed by atoms with Crippen LogP contribution in [0.5, 0.6) is 0 Å². The Hall–Kier alpha value is -2.08. The number of rotatable bonds is 3. The van der Waals surface area contributed by atoms with Crippen LogP contribution in [0, 0.1) is 0 Å². The molecule has 2 aliphatic heterocycles. The highest BCUT2D eigenvalue weighted by Crippen LogP contribution is 2.17. The van der Waals surface area contributed by atoms with E-state index in [9.17, 15) is 9.59 Å². The highest BCUT2D eigenvalue weighted by molar-refractivity contribution is 6.30. The van der Waals surface area contributed by atoms with Gasteiger partial charge in [0.2, 0.25) is 11.9 Å². The van der Waals surface area contributed by atoms with Crippen LogP contribution in [-0.2, 0) is 9.59 Å². The van der Waals surface area contributed by atoms with Gasteiger partial charge in [-0.05, 0) is 37.5 Å². The number of likely N-dealkylation sites (tertiary alicyclic amines) is 1. The van der Waals surface area contributed by atoms with Gasteiger partial charge in [-0.25, -0.2) is 4.99 Å². The van der Waals surface area contributed by atoms with Crippen LogP contribution in [0.4, 0.5) is 5.69 Å². The summed E-state index contributed by atoms with van der Waals surface area (Å²) < 4.78 is 0. The lowest BCUT2D eigenvalue weighted by atomic mass is 10.1. The van der Waals surface area contributed by atoms with E-state index in [0.717, 1.165) is 25.9 Å². The quantitative estimate of drug-likeness (QED) is 0.888. The fourth-order valence-corrected chi connectivity index (χ4v) is 2.98. The number of hydrogen-bond donors (Lipinski definition) is 2. The van der Waals surface area contributed by atoms with E-state index in [1.165, 1.54) is 6.42 Å². The van der Waals surface area contributed by atoms with Gasteiger partial charge in [0.25, 0.3) is 5.91 Å². The summed E-state index contributed by atoms with van der Waals surface area (Å²) in [6, 6.07) is 6.24. The number of anilines is 1. The van der Waals surface area contributed by atoms with E-state index >= 15 is 0 Å². The minimum Gasteiger partial charge on any atom is -0.343 e. The zero-order valence-corrected chi connectivity index (χ0v) is 13.5. The average molecular weight is 335 g/mol. The van der Waals surface area contributed by atoms with Crippen LogP contribution in [0.1, 0.15) is 25.7 Å². The van der Waals surface area contributed by atoms with E-state index in [1.807, 2.05) is 0 Å². The summed E-state index contributed by atoms with van der Waals surface area (Å²) in [5.41, 5.74) is 0.612. The molecule has 0 aliphatic carbocycles. The number of aliphatic imine (C=N–C) groups is 1. The van der Waals surface area contributed by atoms with Crippen molar-refractivity contribution in [3.63, 3.8) is 0 Å². The van der Waals surface area contributed by atoms with Crippen LogP contribution in [0.2, 0.25) is 5.02 Å². The Morgan fingerprint density at radius 3 is 2.87 bits per heavy atom. The summed E-state index contributed by atoms with van der Waals surface area (Å²) in [5.74, 6) is 0.137. The summed E-state index contributed by atoms with van der Waals surface area (Å²) in [7, 11) is 0. The third-order valence-corrected chi connectivity index (χ3v) is 4.19. The number of halogens is 1. The molecule has 0 radical (unpaired) electrons. The van der Waals surface area contributed by atoms with Crippen molar-refractivity contribution in [1.29, 1.82) is 0 Å². The summed E-state index contributed by atoms with van der Waals surface area (Å²) in [5, 5.41) is 6.07. The second-order valence-electron chi connectivity index (χ2n) is 5.77. The van der Waals surface area contributed by atoms with Crippen LogP contribution >= 0.6 is 11.6 Å². The smallest absolute Gasteiger partial charge is 0.252 e. The number of nitrogens with zero attached hydrogens (tertiary/aromatic N) is 2. The maximum atomic E-state index is 12.1. The monoisotopic (exact) mass is 334 g/mol. The molecule has 0 aromatic heterocycles. The minimum atomic E-state index is -0.661. The molecule has 122 valence electrons. The maximum absolute atomic E-state index is 12.1. The number of hydrogen-bond acceptors (Lipinski definition) is 4. The Bertz CT molecular complexity index is 641. The Morgan fingerprint density at radius 2 is 2.13 bits per heavy atom. The maximum Gasteiger partial charge on any atom is 0.252 e. The number of amides is 2. The second kappa shape index (κ2) is 7.00. The van der Waals surface area contributed by atoms with E-state index < -0.39 is 6.04 Å². The molecule has 23 heavy (non-hydrogen) atoms. The molecule has 0 unspecified atom stereocenters. The predicted molar refractivity (Wildman–Crippen MR) is 89.5 cm³/mol. The summed E-state index contributed by atoms with van der Waals surface area (Å²) in [6.07, 6.45) is 3.45. The van der Waals surface area contributed by atoms with Gasteiger partial charge in [0.15, 0.2) is 0 Å². The SMILES string of the molecule is O=C(C[C@@H]1N=C(N2CCCCC2)NC1=O)Nc1cccc(Cl)c1. The van der Waals surface area contributed by atoms with Crippen LogP contribution in [0.25, 0.3) is 0 Å². The fourth-order valence-electron chi connectivity index (χ4n) is 2.79. The van der Waals surface area contributed by atoms with Gasteiger partial charge in [-0.1, -0.05) is 17.7 Å². The normalized spacial score (nSPS) is 20.9. The molecule has 2 aliphatic rings. The van der Waals surface area contributed by atoms with E-state index in [1.54, 1.807) is 24.3 Å². The third kappa shape index (κ3) is 4.01. The standard InChI is InChI=1S/C16H19ClN4O2/c17-11-5-4-6-12(9-11)18-14(22)10-13-15(23)20-16(19-13)21-7-2-1-3-8-21/h4-6,9,13H,1-3,7-8,10H2,(H,18,22)(H,19,20,23)/t13-/m0/s1. The third-order valence-electron chi connectivity index (χ3n) is 3.96. The first-order chi connectivity index (χ1) is 11.1. The first-order valence-electron chi connectivity index (χ1n) is 7.81. The van der Waals surface area contributed by atoms with Gasteiger partial charge < -0.3 is 10.2 Å². The van der Waals surface area contributed by atoms with Gasteiger partial charge in [0.1, 0.15) is 6.04 Å². The van der Waals surface area contributed by atoms with Crippen molar-refractivity contribution in [3.8, 4) is 0 Å². The van der Waals surface area contributed by atoms with E-state index in [0.29, 0.717) is 16.7 Å². The number of piperidine rings is 1. The lowest BCUT2D eigenvalue weighted by molar-refractivity contribution is -0.123. The zero-order chi connectivity index (χ0) is 16.2.